The van der Waals surface area contributed by atoms with E-state index in [0.29, 0.717) is 6.42 Å². The van der Waals surface area contributed by atoms with Crippen LogP contribution < -0.4 is 4.90 Å². The van der Waals surface area contributed by atoms with Crippen LogP contribution in [0.2, 0.25) is 0 Å². The molecule has 0 aliphatic carbocycles. The second kappa shape index (κ2) is 9.07. The van der Waals surface area contributed by atoms with Gasteiger partial charge in [-0.2, -0.15) is 0 Å². The maximum Gasteiger partial charge on any atom is 0.223 e. The van der Waals surface area contributed by atoms with Crippen molar-refractivity contribution in [2.24, 2.45) is 0 Å². The van der Waals surface area contributed by atoms with Gasteiger partial charge in [-0.15, -0.1) is 0 Å². The zero-order valence-corrected chi connectivity index (χ0v) is 15.8. The molecule has 1 aromatic rings. The minimum Gasteiger partial charge on any atom is -0.369 e. The average Bonchev–Trinajstić information content (AvgIpc) is 2.60. The molecule has 1 aromatic carbocycles. The lowest BCUT2D eigenvalue weighted by Crippen LogP contribution is -2.47. The van der Waals surface area contributed by atoms with E-state index in [-0.39, 0.29) is 5.91 Å². The summed E-state index contributed by atoms with van der Waals surface area (Å²) in [6.07, 6.45) is 2.87. The maximum atomic E-state index is 12.1. The summed E-state index contributed by atoms with van der Waals surface area (Å²) < 4.78 is 0. The van der Waals surface area contributed by atoms with Crippen LogP contribution in [0.3, 0.4) is 0 Å². The Kier molecular flexibility index (Phi) is 7.10. The molecule has 2 rings (SSSR count). The Bertz CT molecular complexity index is 536. The molecule has 1 fully saturated rings. The predicted molar refractivity (Wildman–Crippen MR) is 102 cm³/mol. The van der Waals surface area contributed by atoms with Gasteiger partial charge in [0.2, 0.25) is 5.91 Å². The Labute approximate surface area is 147 Å². The van der Waals surface area contributed by atoms with Gasteiger partial charge in [-0.25, -0.2) is 0 Å². The van der Waals surface area contributed by atoms with Crippen LogP contribution in [0.15, 0.2) is 18.2 Å². The summed E-state index contributed by atoms with van der Waals surface area (Å²) in [6, 6.07) is 6.55. The van der Waals surface area contributed by atoms with E-state index in [1.165, 1.54) is 16.8 Å². The average molecular weight is 332 g/mol. The number of anilines is 1. The van der Waals surface area contributed by atoms with Crippen molar-refractivity contribution >= 4 is 11.6 Å². The molecule has 0 spiro atoms. The van der Waals surface area contributed by atoms with E-state index in [1.54, 1.807) is 0 Å². The van der Waals surface area contributed by atoms with E-state index in [1.807, 2.05) is 11.9 Å². The summed E-state index contributed by atoms with van der Waals surface area (Å²) in [6.45, 7) is 12.5. The van der Waals surface area contributed by atoms with Crippen molar-refractivity contribution < 1.29 is 4.79 Å². The standard InChI is InChI=1S/C20H33N3O/c1-5-6-11-21(4)20(24)10-12-22-13-15-23(16-14-22)19-9-7-8-17(2)18(19)3/h7-9H,5-6,10-16H2,1-4H3. The summed E-state index contributed by atoms with van der Waals surface area (Å²) in [7, 11) is 1.93. The highest BCUT2D eigenvalue weighted by Crippen LogP contribution is 2.23. The normalized spacial score (nSPS) is 15.6. The van der Waals surface area contributed by atoms with Crippen LogP contribution in [0, 0.1) is 13.8 Å². The Morgan fingerprint density at radius 3 is 2.54 bits per heavy atom. The van der Waals surface area contributed by atoms with E-state index < -0.39 is 0 Å². The number of piperazine rings is 1. The topological polar surface area (TPSA) is 26.8 Å². The first-order valence-corrected chi connectivity index (χ1v) is 9.30. The van der Waals surface area contributed by atoms with E-state index >= 15 is 0 Å². The Morgan fingerprint density at radius 2 is 1.88 bits per heavy atom. The summed E-state index contributed by atoms with van der Waals surface area (Å²) in [4.78, 5) is 18.9. The lowest BCUT2D eigenvalue weighted by atomic mass is 10.1. The summed E-state index contributed by atoms with van der Waals surface area (Å²) in [5.74, 6) is 0.278. The van der Waals surface area contributed by atoms with E-state index in [0.717, 1.165) is 52.1 Å². The molecule has 1 saturated heterocycles. The SMILES string of the molecule is CCCCN(C)C(=O)CCN1CCN(c2cccc(C)c2C)CC1. The molecule has 1 aliphatic rings. The number of aryl methyl sites for hydroxylation is 1. The Morgan fingerprint density at radius 1 is 1.17 bits per heavy atom. The van der Waals surface area contributed by atoms with Crippen molar-refractivity contribution in [3.8, 4) is 0 Å². The van der Waals surface area contributed by atoms with Crippen LogP contribution in [-0.4, -0.2) is 62.0 Å². The monoisotopic (exact) mass is 331 g/mol. The largest absolute Gasteiger partial charge is 0.369 e. The Hall–Kier alpha value is -1.55. The zero-order valence-electron chi connectivity index (χ0n) is 15.8. The van der Waals surface area contributed by atoms with E-state index in [9.17, 15) is 4.79 Å². The highest BCUT2D eigenvalue weighted by molar-refractivity contribution is 5.76. The predicted octanol–water partition coefficient (Wildman–Crippen LogP) is 3.07. The summed E-state index contributed by atoms with van der Waals surface area (Å²) in [5.41, 5.74) is 4.11. The number of benzene rings is 1. The molecule has 0 N–H and O–H groups in total. The van der Waals surface area contributed by atoms with E-state index in [2.05, 4.69) is 48.8 Å². The molecule has 0 saturated carbocycles. The fourth-order valence-electron chi connectivity index (χ4n) is 3.26. The summed E-state index contributed by atoms with van der Waals surface area (Å²) >= 11 is 0. The van der Waals surface area contributed by atoms with Gasteiger partial charge in [0, 0.05) is 58.4 Å². The third-order valence-electron chi connectivity index (χ3n) is 5.20. The van der Waals surface area contributed by atoms with Gasteiger partial charge in [0.05, 0.1) is 0 Å². The van der Waals surface area contributed by atoms with Crippen molar-refractivity contribution in [3.05, 3.63) is 29.3 Å². The van der Waals surface area contributed by atoms with Gasteiger partial charge in [-0.3, -0.25) is 9.69 Å². The van der Waals surface area contributed by atoms with Crippen molar-refractivity contribution in [1.29, 1.82) is 0 Å². The number of carbonyl (C=O) groups excluding carboxylic acids is 1. The molecule has 1 aliphatic heterocycles. The number of unbranched alkanes of at least 4 members (excludes halogenated alkanes) is 1. The fourth-order valence-corrected chi connectivity index (χ4v) is 3.26. The smallest absolute Gasteiger partial charge is 0.223 e. The highest BCUT2D eigenvalue weighted by Gasteiger charge is 2.19. The molecule has 0 radical (unpaired) electrons. The first-order valence-electron chi connectivity index (χ1n) is 9.30. The van der Waals surface area contributed by atoms with Gasteiger partial charge in [0.1, 0.15) is 0 Å². The third kappa shape index (κ3) is 4.97. The first kappa shape index (κ1) is 18.8. The maximum absolute atomic E-state index is 12.1. The van der Waals surface area contributed by atoms with Crippen molar-refractivity contribution in [1.82, 2.24) is 9.80 Å². The van der Waals surface area contributed by atoms with Crippen molar-refractivity contribution in [2.45, 2.75) is 40.0 Å². The van der Waals surface area contributed by atoms with Crippen LogP contribution in [0.5, 0.6) is 0 Å². The molecule has 1 amide bonds. The highest BCUT2D eigenvalue weighted by atomic mass is 16.2. The first-order chi connectivity index (χ1) is 11.5. The molecule has 0 bridgehead atoms. The van der Waals surface area contributed by atoms with Gasteiger partial charge in [0.25, 0.3) is 0 Å². The van der Waals surface area contributed by atoms with Crippen molar-refractivity contribution in [3.63, 3.8) is 0 Å². The molecule has 1 heterocycles. The van der Waals surface area contributed by atoms with Crippen molar-refractivity contribution in [2.75, 3.05) is 51.2 Å². The fraction of sp³-hybridized carbons (Fsp3) is 0.650. The van der Waals surface area contributed by atoms with E-state index in [4.69, 9.17) is 0 Å². The number of nitrogens with zero attached hydrogens (tertiary/aromatic N) is 3. The molecule has 4 nitrogen and oxygen atoms in total. The molecule has 4 heteroatoms. The lowest BCUT2D eigenvalue weighted by molar-refractivity contribution is -0.130. The van der Waals surface area contributed by atoms with Gasteiger partial charge in [0.15, 0.2) is 0 Å². The number of hydrogen-bond donors (Lipinski definition) is 0. The zero-order chi connectivity index (χ0) is 17.5. The van der Waals surface area contributed by atoms with Gasteiger partial charge < -0.3 is 9.80 Å². The van der Waals surface area contributed by atoms with Crippen LogP contribution in [0.25, 0.3) is 0 Å². The second-order valence-corrected chi connectivity index (χ2v) is 6.97. The molecule has 0 unspecified atom stereocenters. The van der Waals surface area contributed by atoms with Gasteiger partial charge >= 0.3 is 0 Å². The quantitative estimate of drug-likeness (QED) is 0.768. The summed E-state index contributed by atoms with van der Waals surface area (Å²) in [5, 5.41) is 0. The minimum atomic E-state index is 0.278. The minimum absolute atomic E-state index is 0.278. The van der Waals surface area contributed by atoms with Gasteiger partial charge in [-0.1, -0.05) is 25.5 Å². The van der Waals surface area contributed by atoms with Crippen LogP contribution in [0.1, 0.15) is 37.3 Å². The number of amides is 1. The molecule has 24 heavy (non-hydrogen) atoms. The van der Waals surface area contributed by atoms with Crippen LogP contribution in [-0.2, 0) is 4.79 Å². The third-order valence-corrected chi connectivity index (χ3v) is 5.20. The molecular weight excluding hydrogens is 298 g/mol. The molecular formula is C20H33N3O. The number of rotatable bonds is 7. The van der Waals surface area contributed by atoms with Crippen LogP contribution >= 0.6 is 0 Å². The number of carbonyl (C=O) groups is 1. The lowest BCUT2D eigenvalue weighted by Gasteiger charge is -2.37. The molecule has 0 atom stereocenters. The molecule has 134 valence electrons. The number of hydrogen-bond acceptors (Lipinski definition) is 3. The van der Waals surface area contributed by atoms with Gasteiger partial charge in [-0.05, 0) is 37.5 Å². The Balaban J connectivity index is 1.77. The molecule has 0 aromatic heterocycles. The van der Waals surface area contributed by atoms with Crippen LogP contribution in [0.4, 0.5) is 5.69 Å². The second-order valence-electron chi connectivity index (χ2n) is 6.97.